The van der Waals surface area contributed by atoms with E-state index in [9.17, 15) is 4.79 Å². The Bertz CT molecular complexity index is 578. The van der Waals surface area contributed by atoms with E-state index >= 15 is 0 Å². The zero-order valence-electron chi connectivity index (χ0n) is 9.82. The smallest absolute Gasteiger partial charge is 0.159 e. The molecule has 3 nitrogen and oxygen atoms in total. The Labute approximate surface area is 126 Å². The van der Waals surface area contributed by atoms with Crippen LogP contribution in [0.15, 0.2) is 18.2 Å². The molecule has 98 valence electrons. The second-order valence-electron chi connectivity index (χ2n) is 4.36. The first kappa shape index (κ1) is 14.3. The lowest BCUT2D eigenvalue weighted by molar-refractivity contribution is -0.120. The Morgan fingerprint density at radius 3 is 2.63 bits per heavy atom. The number of benzene rings is 1. The molecule has 0 spiro atoms. The molecule has 0 bridgehead atoms. The summed E-state index contributed by atoms with van der Waals surface area (Å²) in [6, 6.07) is 6.88. The lowest BCUT2D eigenvalue weighted by Crippen LogP contribution is -2.28. The number of nitrogens with one attached hydrogen (secondary N) is 1. The highest BCUT2D eigenvalue weighted by atomic mass is 35.5. The molecule has 1 aliphatic carbocycles. The molecule has 0 aliphatic heterocycles. The van der Waals surface area contributed by atoms with Gasteiger partial charge in [-0.2, -0.15) is 5.26 Å². The Balaban J connectivity index is 2.08. The fourth-order valence-electron chi connectivity index (χ4n) is 1.64. The van der Waals surface area contributed by atoms with Crippen LogP contribution in [0.3, 0.4) is 0 Å². The van der Waals surface area contributed by atoms with Crippen molar-refractivity contribution in [2.75, 3.05) is 5.32 Å². The average molecular weight is 313 g/mol. The highest BCUT2D eigenvalue weighted by molar-refractivity contribution is 7.80. The molecule has 1 N–H and O–H groups in total. The van der Waals surface area contributed by atoms with E-state index in [1.54, 1.807) is 18.2 Å². The lowest BCUT2D eigenvalue weighted by Gasteiger charge is -2.12. The van der Waals surface area contributed by atoms with Crippen LogP contribution < -0.4 is 5.32 Å². The third-order valence-electron chi connectivity index (χ3n) is 2.84. The first-order chi connectivity index (χ1) is 9.02. The number of nitriles is 1. The quantitative estimate of drug-likeness (QED) is 0.858. The van der Waals surface area contributed by atoms with Gasteiger partial charge in [-0.15, -0.1) is 0 Å². The zero-order chi connectivity index (χ0) is 14.0. The van der Waals surface area contributed by atoms with Crippen molar-refractivity contribution in [2.45, 2.75) is 12.8 Å². The number of thiocarbonyl (C=S) groups is 1. The van der Waals surface area contributed by atoms with Gasteiger partial charge in [0.25, 0.3) is 0 Å². The molecule has 1 atom stereocenters. The van der Waals surface area contributed by atoms with E-state index in [-0.39, 0.29) is 16.7 Å². The maximum atomic E-state index is 11.9. The number of carbonyl (C=O) groups is 1. The van der Waals surface area contributed by atoms with Crippen LogP contribution in [0.4, 0.5) is 5.69 Å². The highest BCUT2D eigenvalue weighted by Gasteiger charge is 2.36. The Morgan fingerprint density at radius 2 is 2.11 bits per heavy atom. The van der Waals surface area contributed by atoms with E-state index in [4.69, 9.17) is 40.7 Å². The van der Waals surface area contributed by atoms with E-state index in [0.717, 1.165) is 12.8 Å². The van der Waals surface area contributed by atoms with Crippen molar-refractivity contribution < 1.29 is 4.79 Å². The van der Waals surface area contributed by atoms with Crippen LogP contribution in [-0.2, 0) is 4.79 Å². The topological polar surface area (TPSA) is 52.9 Å². The van der Waals surface area contributed by atoms with Gasteiger partial charge in [-0.3, -0.25) is 4.79 Å². The van der Waals surface area contributed by atoms with Gasteiger partial charge in [-0.25, -0.2) is 0 Å². The van der Waals surface area contributed by atoms with Crippen LogP contribution >= 0.6 is 35.4 Å². The fraction of sp³-hybridized carbons (Fsp3) is 0.308. The van der Waals surface area contributed by atoms with Crippen molar-refractivity contribution in [1.82, 2.24) is 0 Å². The first-order valence-corrected chi connectivity index (χ1v) is 6.88. The van der Waals surface area contributed by atoms with E-state index < -0.39 is 5.92 Å². The maximum Gasteiger partial charge on any atom is 0.159 e. The monoisotopic (exact) mass is 312 g/mol. The zero-order valence-corrected chi connectivity index (χ0v) is 12.1. The number of anilines is 1. The van der Waals surface area contributed by atoms with E-state index in [1.807, 2.05) is 6.07 Å². The van der Waals surface area contributed by atoms with Gasteiger partial charge >= 0.3 is 0 Å². The number of nitrogens with zero attached hydrogens (tertiary/aromatic N) is 1. The number of hydrogen-bond acceptors (Lipinski definition) is 3. The average Bonchev–Trinajstić information content (AvgIpc) is 3.18. The number of rotatable bonds is 4. The second-order valence-corrected chi connectivity index (χ2v) is 5.61. The maximum absolute atomic E-state index is 11.9. The predicted molar refractivity (Wildman–Crippen MR) is 79.5 cm³/mol. The second kappa shape index (κ2) is 5.87. The van der Waals surface area contributed by atoms with Gasteiger partial charge in [0.2, 0.25) is 0 Å². The molecule has 6 heteroatoms. The van der Waals surface area contributed by atoms with Gasteiger partial charge in [-0.05, 0) is 31.0 Å². The molecular weight excluding hydrogens is 303 g/mol. The molecule has 0 radical (unpaired) electrons. The molecule has 1 aromatic carbocycles. The predicted octanol–water partition coefficient (Wildman–Crippen LogP) is 3.85. The summed E-state index contributed by atoms with van der Waals surface area (Å²) in [5.74, 6) is -0.991. The number of hydrogen-bond donors (Lipinski definition) is 1. The molecule has 1 saturated carbocycles. The molecule has 1 aromatic rings. The normalized spacial score (nSPS) is 15.4. The summed E-state index contributed by atoms with van der Waals surface area (Å²) in [6.45, 7) is 0. The summed E-state index contributed by atoms with van der Waals surface area (Å²) in [4.78, 5) is 12.1. The molecule has 1 fully saturated rings. The Kier molecular flexibility index (Phi) is 4.41. The number of carbonyl (C=O) groups excluding carboxylic acids is 1. The molecule has 2 rings (SSSR count). The number of Topliss-reactive ketones (excluding diaryl/α,β-unsaturated/α-hetero) is 1. The minimum atomic E-state index is -0.892. The highest BCUT2D eigenvalue weighted by Crippen LogP contribution is 2.33. The third-order valence-corrected chi connectivity index (χ3v) is 3.92. The van der Waals surface area contributed by atoms with Crippen molar-refractivity contribution in [3.05, 3.63) is 28.2 Å². The SMILES string of the molecule is N#CC(C(=O)C1CC1)C(=S)Nc1ccc(Cl)c(Cl)c1. The van der Waals surface area contributed by atoms with Gasteiger partial charge in [0.15, 0.2) is 11.7 Å². The lowest BCUT2D eigenvalue weighted by atomic mass is 10.0. The van der Waals surface area contributed by atoms with Gasteiger partial charge in [0.1, 0.15) is 4.99 Å². The van der Waals surface area contributed by atoms with Crippen molar-refractivity contribution in [1.29, 1.82) is 5.26 Å². The largest absolute Gasteiger partial charge is 0.349 e. The summed E-state index contributed by atoms with van der Waals surface area (Å²) >= 11 is 16.8. The summed E-state index contributed by atoms with van der Waals surface area (Å²) in [5.41, 5.74) is 0.614. The minimum absolute atomic E-state index is 0.00166. The van der Waals surface area contributed by atoms with Gasteiger partial charge in [-0.1, -0.05) is 35.4 Å². The summed E-state index contributed by atoms with van der Waals surface area (Å²) in [7, 11) is 0. The van der Waals surface area contributed by atoms with Crippen LogP contribution in [0.25, 0.3) is 0 Å². The Morgan fingerprint density at radius 1 is 1.42 bits per heavy atom. The molecule has 1 aliphatic rings. The Hall–Kier alpha value is -1.15. The summed E-state index contributed by atoms with van der Waals surface area (Å²) < 4.78 is 0. The van der Waals surface area contributed by atoms with E-state index in [0.29, 0.717) is 15.7 Å². The molecule has 19 heavy (non-hydrogen) atoms. The third kappa shape index (κ3) is 3.44. The van der Waals surface area contributed by atoms with Crippen LogP contribution in [-0.4, -0.2) is 10.8 Å². The van der Waals surface area contributed by atoms with Crippen LogP contribution in [0.2, 0.25) is 10.0 Å². The standard InChI is InChI=1S/C13H10Cl2N2OS/c14-10-4-3-8(5-11(10)15)17-13(19)9(6-16)12(18)7-1-2-7/h3-5,7,9H,1-2H2,(H,17,19). The van der Waals surface area contributed by atoms with Crippen LogP contribution in [0.1, 0.15) is 12.8 Å². The molecule has 0 amide bonds. The first-order valence-electron chi connectivity index (χ1n) is 5.72. The van der Waals surface area contributed by atoms with Crippen molar-refractivity contribution in [3.63, 3.8) is 0 Å². The van der Waals surface area contributed by atoms with Gasteiger partial charge in [0, 0.05) is 11.6 Å². The minimum Gasteiger partial charge on any atom is -0.349 e. The number of ketones is 1. The van der Waals surface area contributed by atoms with Gasteiger partial charge in [0.05, 0.1) is 16.1 Å². The fourth-order valence-corrected chi connectivity index (χ4v) is 2.23. The molecule has 1 unspecified atom stereocenters. The summed E-state index contributed by atoms with van der Waals surface area (Å²) in [5, 5.41) is 12.8. The van der Waals surface area contributed by atoms with Crippen molar-refractivity contribution in [3.8, 4) is 6.07 Å². The molecule has 0 heterocycles. The van der Waals surface area contributed by atoms with Gasteiger partial charge < -0.3 is 5.32 Å². The van der Waals surface area contributed by atoms with Crippen LogP contribution in [0.5, 0.6) is 0 Å². The molecule has 0 saturated heterocycles. The van der Waals surface area contributed by atoms with E-state index in [2.05, 4.69) is 5.32 Å². The summed E-state index contributed by atoms with van der Waals surface area (Å²) in [6.07, 6.45) is 1.71. The molecular formula is C13H10Cl2N2OS. The van der Waals surface area contributed by atoms with E-state index in [1.165, 1.54) is 0 Å². The molecule has 0 aromatic heterocycles. The van der Waals surface area contributed by atoms with Crippen molar-refractivity contribution in [2.24, 2.45) is 11.8 Å². The number of halogens is 2. The van der Waals surface area contributed by atoms with Crippen molar-refractivity contribution >= 4 is 51.9 Å². The van der Waals surface area contributed by atoms with Crippen LogP contribution in [0, 0.1) is 23.2 Å².